The fourth-order valence-electron chi connectivity index (χ4n) is 2.94. The fourth-order valence-corrected chi connectivity index (χ4v) is 2.94. The van der Waals surface area contributed by atoms with Gasteiger partial charge < -0.3 is 10.1 Å². The number of aryl methyl sites for hydroxylation is 2. The SMILES string of the molecule is Cc1cc(OC(C)C)cc(C)c1C(=O)C1CCNCC1. The van der Waals surface area contributed by atoms with Crippen LogP contribution in [0.5, 0.6) is 5.75 Å². The van der Waals surface area contributed by atoms with E-state index in [0.29, 0.717) is 5.78 Å². The number of hydrogen-bond acceptors (Lipinski definition) is 3. The van der Waals surface area contributed by atoms with Crippen molar-refractivity contribution in [3.8, 4) is 5.75 Å². The molecular weight excluding hydrogens is 250 g/mol. The zero-order valence-electron chi connectivity index (χ0n) is 13.0. The second-order valence-electron chi connectivity index (χ2n) is 5.99. The highest BCUT2D eigenvalue weighted by Crippen LogP contribution is 2.27. The number of ketones is 1. The highest BCUT2D eigenvalue weighted by Gasteiger charge is 2.25. The van der Waals surface area contributed by atoms with Gasteiger partial charge in [-0.15, -0.1) is 0 Å². The van der Waals surface area contributed by atoms with E-state index in [1.54, 1.807) is 0 Å². The van der Waals surface area contributed by atoms with Gasteiger partial charge in [0.2, 0.25) is 0 Å². The molecule has 0 spiro atoms. The summed E-state index contributed by atoms with van der Waals surface area (Å²) in [5.41, 5.74) is 2.96. The van der Waals surface area contributed by atoms with Crippen LogP contribution in [0.1, 0.15) is 48.2 Å². The smallest absolute Gasteiger partial charge is 0.166 e. The Hall–Kier alpha value is -1.35. The Kier molecular flexibility index (Phi) is 4.81. The highest BCUT2D eigenvalue weighted by molar-refractivity contribution is 6.00. The van der Waals surface area contributed by atoms with Crippen LogP contribution >= 0.6 is 0 Å². The third kappa shape index (κ3) is 3.40. The minimum Gasteiger partial charge on any atom is -0.491 e. The van der Waals surface area contributed by atoms with E-state index in [1.165, 1.54) is 0 Å². The number of nitrogens with one attached hydrogen (secondary N) is 1. The number of hydrogen-bond donors (Lipinski definition) is 1. The van der Waals surface area contributed by atoms with Crippen molar-refractivity contribution < 1.29 is 9.53 Å². The number of rotatable bonds is 4. The van der Waals surface area contributed by atoms with E-state index >= 15 is 0 Å². The molecule has 0 bridgehead atoms. The van der Waals surface area contributed by atoms with E-state index in [1.807, 2.05) is 39.8 Å². The summed E-state index contributed by atoms with van der Waals surface area (Å²) < 4.78 is 5.73. The predicted molar refractivity (Wildman–Crippen MR) is 81.6 cm³/mol. The summed E-state index contributed by atoms with van der Waals surface area (Å²) in [5.74, 6) is 1.33. The van der Waals surface area contributed by atoms with Gasteiger partial charge in [-0.05, 0) is 76.9 Å². The van der Waals surface area contributed by atoms with Crippen molar-refractivity contribution in [2.45, 2.75) is 46.6 Å². The second-order valence-corrected chi connectivity index (χ2v) is 5.99. The van der Waals surface area contributed by atoms with Crippen LogP contribution < -0.4 is 10.1 Å². The molecule has 3 nitrogen and oxygen atoms in total. The minimum absolute atomic E-state index is 0.153. The van der Waals surface area contributed by atoms with E-state index in [-0.39, 0.29) is 12.0 Å². The summed E-state index contributed by atoms with van der Waals surface area (Å²) >= 11 is 0. The van der Waals surface area contributed by atoms with Gasteiger partial charge in [0.15, 0.2) is 5.78 Å². The molecule has 1 aromatic carbocycles. The molecule has 0 aromatic heterocycles. The summed E-state index contributed by atoms with van der Waals surface area (Å²) in [6.45, 7) is 9.94. The van der Waals surface area contributed by atoms with E-state index in [2.05, 4.69) is 5.32 Å². The molecule has 1 heterocycles. The molecule has 1 aliphatic heterocycles. The molecule has 0 atom stereocenters. The summed E-state index contributed by atoms with van der Waals surface area (Å²) in [7, 11) is 0. The Morgan fingerprint density at radius 2 is 1.75 bits per heavy atom. The first kappa shape index (κ1) is 15.0. The van der Waals surface area contributed by atoms with Gasteiger partial charge in [0.1, 0.15) is 5.75 Å². The molecule has 1 aromatic rings. The molecule has 1 N–H and O–H groups in total. The molecule has 20 heavy (non-hydrogen) atoms. The zero-order valence-corrected chi connectivity index (χ0v) is 13.0. The van der Waals surface area contributed by atoms with Gasteiger partial charge in [-0.1, -0.05) is 0 Å². The van der Waals surface area contributed by atoms with Gasteiger partial charge in [-0.3, -0.25) is 4.79 Å². The van der Waals surface area contributed by atoms with E-state index < -0.39 is 0 Å². The molecular formula is C17H25NO2. The molecule has 110 valence electrons. The van der Waals surface area contributed by atoms with Gasteiger partial charge in [-0.2, -0.15) is 0 Å². The van der Waals surface area contributed by atoms with Crippen LogP contribution in [-0.2, 0) is 0 Å². The van der Waals surface area contributed by atoms with Crippen LogP contribution in [0.2, 0.25) is 0 Å². The molecule has 0 amide bonds. The first-order valence-electron chi connectivity index (χ1n) is 7.52. The molecule has 3 heteroatoms. The number of carbonyl (C=O) groups is 1. The van der Waals surface area contributed by atoms with Crippen LogP contribution in [0, 0.1) is 19.8 Å². The predicted octanol–water partition coefficient (Wildman–Crippen LogP) is 3.27. The third-order valence-electron chi connectivity index (χ3n) is 3.83. The maximum atomic E-state index is 12.7. The maximum Gasteiger partial charge on any atom is 0.166 e. The first-order chi connectivity index (χ1) is 9.49. The van der Waals surface area contributed by atoms with Crippen LogP contribution in [0.25, 0.3) is 0 Å². The molecule has 0 saturated carbocycles. The lowest BCUT2D eigenvalue weighted by Crippen LogP contribution is -2.32. The normalized spacial score (nSPS) is 16.4. The lowest BCUT2D eigenvalue weighted by Gasteiger charge is -2.23. The quantitative estimate of drug-likeness (QED) is 0.857. The van der Waals surface area contributed by atoms with Crippen molar-refractivity contribution in [3.05, 3.63) is 28.8 Å². The second kappa shape index (κ2) is 6.40. The standard InChI is InChI=1S/C17H25NO2/c1-11(2)20-15-9-12(3)16(13(4)10-15)17(19)14-5-7-18-8-6-14/h9-11,14,18H,5-8H2,1-4H3. The monoisotopic (exact) mass is 275 g/mol. The molecule has 1 aliphatic rings. The Labute approximate surface area is 121 Å². The lowest BCUT2D eigenvalue weighted by molar-refractivity contribution is 0.0893. The molecule has 0 radical (unpaired) electrons. The number of benzene rings is 1. The summed E-state index contributed by atoms with van der Waals surface area (Å²) in [5, 5.41) is 3.31. The molecule has 1 saturated heterocycles. The summed E-state index contributed by atoms with van der Waals surface area (Å²) in [6, 6.07) is 3.97. The van der Waals surface area contributed by atoms with Crippen LogP contribution in [0.15, 0.2) is 12.1 Å². The Morgan fingerprint density at radius 3 is 2.25 bits per heavy atom. The van der Waals surface area contributed by atoms with Gasteiger partial charge in [-0.25, -0.2) is 0 Å². The van der Waals surface area contributed by atoms with Gasteiger partial charge >= 0.3 is 0 Å². The lowest BCUT2D eigenvalue weighted by atomic mass is 9.86. The third-order valence-corrected chi connectivity index (χ3v) is 3.83. The minimum atomic E-state index is 0.153. The van der Waals surface area contributed by atoms with Crippen molar-refractivity contribution in [2.24, 2.45) is 5.92 Å². The molecule has 2 rings (SSSR count). The zero-order chi connectivity index (χ0) is 14.7. The van der Waals surface area contributed by atoms with Crippen LogP contribution in [-0.4, -0.2) is 25.0 Å². The van der Waals surface area contributed by atoms with E-state index in [0.717, 1.165) is 48.4 Å². The van der Waals surface area contributed by atoms with Crippen molar-refractivity contribution >= 4 is 5.78 Å². The number of carbonyl (C=O) groups excluding carboxylic acids is 1. The largest absolute Gasteiger partial charge is 0.491 e. The van der Waals surface area contributed by atoms with Gasteiger partial charge in [0.25, 0.3) is 0 Å². The van der Waals surface area contributed by atoms with Crippen LogP contribution in [0.4, 0.5) is 0 Å². The van der Waals surface area contributed by atoms with Gasteiger partial charge in [0, 0.05) is 11.5 Å². The number of Topliss-reactive ketones (excluding diaryl/α,β-unsaturated/α-hetero) is 1. The van der Waals surface area contributed by atoms with Crippen molar-refractivity contribution in [1.29, 1.82) is 0 Å². The molecule has 1 fully saturated rings. The highest BCUT2D eigenvalue weighted by atomic mass is 16.5. The summed E-state index contributed by atoms with van der Waals surface area (Å²) in [6.07, 6.45) is 2.05. The Balaban J connectivity index is 2.25. The van der Waals surface area contributed by atoms with Gasteiger partial charge in [0.05, 0.1) is 6.10 Å². The topological polar surface area (TPSA) is 38.3 Å². The van der Waals surface area contributed by atoms with E-state index in [9.17, 15) is 4.79 Å². The number of piperidine rings is 1. The summed E-state index contributed by atoms with van der Waals surface area (Å²) in [4.78, 5) is 12.7. The Morgan fingerprint density at radius 1 is 1.20 bits per heavy atom. The van der Waals surface area contributed by atoms with Crippen LogP contribution in [0.3, 0.4) is 0 Å². The molecule has 0 aliphatic carbocycles. The molecule has 0 unspecified atom stereocenters. The average Bonchev–Trinajstić information content (AvgIpc) is 2.38. The number of ether oxygens (including phenoxy) is 1. The first-order valence-corrected chi connectivity index (χ1v) is 7.52. The maximum absolute atomic E-state index is 12.7. The van der Waals surface area contributed by atoms with E-state index in [4.69, 9.17) is 4.74 Å². The van der Waals surface area contributed by atoms with Crippen molar-refractivity contribution in [2.75, 3.05) is 13.1 Å². The Bertz CT molecular complexity index is 465. The van der Waals surface area contributed by atoms with Crippen molar-refractivity contribution in [1.82, 2.24) is 5.32 Å². The average molecular weight is 275 g/mol. The van der Waals surface area contributed by atoms with Crippen molar-refractivity contribution in [3.63, 3.8) is 0 Å². The fraction of sp³-hybridized carbons (Fsp3) is 0.588.